The molecule has 1 aromatic rings. The number of benzene rings is 1. The second kappa shape index (κ2) is 5.17. The Bertz CT molecular complexity index is 427. The molecule has 0 aliphatic rings. The zero-order chi connectivity index (χ0) is 13.1. The van der Waals surface area contributed by atoms with Gasteiger partial charge >= 0.3 is 0 Å². The number of rotatable bonds is 2. The quantitative estimate of drug-likeness (QED) is 0.713. The minimum absolute atomic E-state index is 0.00389. The Hall–Kier alpha value is -1.57. The van der Waals surface area contributed by atoms with Crippen molar-refractivity contribution in [1.82, 2.24) is 0 Å². The van der Waals surface area contributed by atoms with Gasteiger partial charge < -0.3 is 4.90 Å². The Morgan fingerprint density at radius 2 is 1.82 bits per heavy atom. The van der Waals surface area contributed by atoms with E-state index in [0.29, 0.717) is 0 Å². The van der Waals surface area contributed by atoms with Gasteiger partial charge in [0.25, 0.3) is 0 Å². The molecule has 0 aliphatic carbocycles. The molecule has 0 unspecified atom stereocenters. The van der Waals surface area contributed by atoms with Gasteiger partial charge in [-0.1, -0.05) is 45.0 Å². The van der Waals surface area contributed by atoms with E-state index in [1.54, 1.807) is 17.1 Å². The van der Waals surface area contributed by atoms with Crippen molar-refractivity contribution >= 4 is 11.6 Å². The van der Waals surface area contributed by atoms with Crippen LogP contribution in [0.4, 0.5) is 5.69 Å². The number of hydrogen-bond acceptors (Lipinski definition) is 1. The van der Waals surface area contributed by atoms with Crippen LogP contribution in [0.1, 0.15) is 33.3 Å². The first-order valence-electron chi connectivity index (χ1n) is 5.88. The zero-order valence-electron chi connectivity index (χ0n) is 11.3. The smallest absolute Gasteiger partial charge is 0.250 e. The highest BCUT2D eigenvalue weighted by atomic mass is 16.2. The topological polar surface area (TPSA) is 20.3 Å². The van der Waals surface area contributed by atoms with Crippen LogP contribution in [-0.4, -0.2) is 13.0 Å². The summed E-state index contributed by atoms with van der Waals surface area (Å²) in [5.74, 6) is 0.00389. The third-order valence-electron chi connectivity index (χ3n) is 2.71. The number of para-hydroxylation sites is 1. The van der Waals surface area contributed by atoms with Crippen LogP contribution in [0, 0.1) is 0 Å². The van der Waals surface area contributed by atoms with Gasteiger partial charge in [-0.2, -0.15) is 0 Å². The van der Waals surface area contributed by atoms with Crippen LogP contribution < -0.4 is 4.90 Å². The van der Waals surface area contributed by atoms with Gasteiger partial charge in [-0.15, -0.1) is 0 Å². The molecule has 0 aliphatic heterocycles. The third-order valence-corrected chi connectivity index (χ3v) is 2.71. The van der Waals surface area contributed by atoms with Crippen molar-refractivity contribution in [1.29, 1.82) is 0 Å². The van der Waals surface area contributed by atoms with E-state index in [9.17, 15) is 4.79 Å². The van der Waals surface area contributed by atoms with E-state index >= 15 is 0 Å². The van der Waals surface area contributed by atoms with Crippen molar-refractivity contribution in [3.63, 3.8) is 0 Å². The number of amides is 1. The van der Waals surface area contributed by atoms with Gasteiger partial charge in [0.2, 0.25) is 5.91 Å². The molecule has 92 valence electrons. The highest BCUT2D eigenvalue weighted by molar-refractivity contribution is 6.01. The van der Waals surface area contributed by atoms with Gasteiger partial charge in [0.05, 0.1) is 0 Å². The van der Waals surface area contributed by atoms with Crippen molar-refractivity contribution < 1.29 is 4.79 Å². The van der Waals surface area contributed by atoms with Crippen LogP contribution in [-0.2, 0) is 10.2 Å². The average molecular weight is 231 g/mol. The van der Waals surface area contributed by atoms with Crippen molar-refractivity contribution in [2.24, 2.45) is 0 Å². The lowest BCUT2D eigenvalue weighted by molar-refractivity contribution is -0.113. The summed E-state index contributed by atoms with van der Waals surface area (Å²) in [5, 5.41) is 0. The Kier molecular flexibility index (Phi) is 4.11. The van der Waals surface area contributed by atoms with Gasteiger partial charge in [0, 0.05) is 12.7 Å². The molecule has 2 nitrogen and oxygen atoms in total. The molecule has 1 rings (SSSR count). The number of nitrogens with zero attached hydrogens (tertiary/aromatic N) is 1. The molecule has 2 heteroatoms. The summed E-state index contributed by atoms with van der Waals surface area (Å²) in [7, 11) is 1.81. The highest BCUT2D eigenvalue weighted by Gasteiger charge is 2.20. The second-order valence-corrected chi connectivity index (χ2v) is 5.16. The lowest BCUT2D eigenvalue weighted by atomic mass is 9.85. The van der Waals surface area contributed by atoms with E-state index in [-0.39, 0.29) is 11.3 Å². The molecule has 0 atom stereocenters. The first-order valence-corrected chi connectivity index (χ1v) is 5.88. The SMILES string of the molecule is C/C=C/C(=O)N(C)c1ccccc1C(C)(C)C. The molecule has 0 bridgehead atoms. The molecule has 0 aromatic heterocycles. The van der Waals surface area contributed by atoms with Gasteiger partial charge in [-0.05, 0) is 30.0 Å². The molecule has 1 aromatic carbocycles. The normalized spacial score (nSPS) is 11.8. The number of carbonyl (C=O) groups excluding carboxylic acids is 1. The molecule has 0 saturated heterocycles. The monoisotopic (exact) mass is 231 g/mol. The molecule has 0 spiro atoms. The van der Waals surface area contributed by atoms with Crippen LogP contribution in [0.5, 0.6) is 0 Å². The molecule has 17 heavy (non-hydrogen) atoms. The van der Waals surface area contributed by atoms with E-state index in [1.165, 1.54) is 5.56 Å². The summed E-state index contributed by atoms with van der Waals surface area (Å²) in [4.78, 5) is 13.6. The Labute approximate surface area is 104 Å². The molecular formula is C15H21NO. The molecule has 0 radical (unpaired) electrons. The maximum absolute atomic E-state index is 11.9. The third kappa shape index (κ3) is 3.19. The van der Waals surface area contributed by atoms with Crippen molar-refractivity contribution in [3.05, 3.63) is 42.0 Å². The standard InChI is InChI=1S/C15H21NO/c1-6-9-14(17)16(5)13-11-8-7-10-12(13)15(2,3)4/h6-11H,1-5H3/b9-6+. The minimum atomic E-state index is 0.00389. The highest BCUT2D eigenvalue weighted by Crippen LogP contribution is 2.31. The summed E-state index contributed by atoms with van der Waals surface area (Å²) in [5.41, 5.74) is 2.18. The van der Waals surface area contributed by atoms with Gasteiger partial charge in [-0.25, -0.2) is 0 Å². The maximum Gasteiger partial charge on any atom is 0.250 e. The first-order chi connectivity index (χ1) is 7.88. The summed E-state index contributed by atoms with van der Waals surface area (Å²) in [6.07, 6.45) is 3.35. The molecule has 0 heterocycles. The second-order valence-electron chi connectivity index (χ2n) is 5.16. The van der Waals surface area contributed by atoms with Crippen LogP contribution >= 0.6 is 0 Å². The van der Waals surface area contributed by atoms with Crippen molar-refractivity contribution in [3.8, 4) is 0 Å². The fourth-order valence-corrected chi connectivity index (χ4v) is 1.77. The first kappa shape index (κ1) is 13.5. The van der Waals surface area contributed by atoms with Crippen LogP contribution in [0.25, 0.3) is 0 Å². The summed E-state index contributed by atoms with van der Waals surface area (Å²) < 4.78 is 0. The lowest BCUT2D eigenvalue weighted by Crippen LogP contribution is -2.27. The lowest BCUT2D eigenvalue weighted by Gasteiger charge is -2.27. The fourth-order valence-electron chi connectivity index (χ4n) is 1.77. The van der Waals surface area contributed by atoms with Crippen LogP contribution in [0.15, 0.2) is 36.4 Å². The Morgan fingerprint density at radius 3 is 2.35 bits per heavy atom. The maximum atomic E-state index is 11.9. The van der Waals surface area contributed by atoms with Gasteiger partial charge in [-0.3, -0.25) is 4.79 Å². The van der Waals surface area contributed by atoms with Crippen molar-refractivity contribution in [2.75, 3.05) is 11.9 Å². The minimum Gasteiger partial charge on any atom is -0.312 e. The van der Waals surface area contributed by atoms with E-state index in [2.05, 4.69) is 26.8 Å². The summed E-state index contributed by atoms with van der Waals surface area (Å²) >= 11 is 0. The van der Waals surface area contributed by atoms with E-state index in [1.807, 2.05) is 32.2 Å². The Morgan fingerprint density at radius 1 is 1.24 bits per heavy atom. The van der Waals surface area contributed by atoms with Crippen LogP contribution in [0.2, 0.25) is 0 Å². The molecule has 1 amide bonds. The predicted octanol–water partition coefficient (Wildman–Crippen LogP) is 3.52. The number of allylic oxidation sites excluding steroid dienone is 1. The fraction of sp³-hybridized carbons (Fsp3) is 0.400. The largest absolute Gasteiger partial charge is 0.312 e. The van der Waals surface area contributed by atoms with E-state index in [4.69, 9.17) is 0 Å². The summed E-state index contributed by atoms with van der Waals surface area (Å²) in [6.45, 7) is 8.31. The Balaban J connectivity index is 3.18. The van der Waals surface area contributed by atoms with Gasteiger partial charge in [0.15, 0.2) is 0 Å². The number of likely N-dealkylation sites (N-methyl/N-ethyl adjacent to an activating group) is 1. The average Bonchev–Trinajstić information content (AvgIpc) is 2.27. The predicted molar refractivity (Wildman–Crippen MR) is 73.4 cm³/mol. The number of anilines is 1. The summed E-state index contributed by atoms with van der Waals surface area (Å²) in [6, 6.07) is 8.04. The molecule has 0 N–H and O–H groups in total. The molecular weight excluding hydrogens is 210 g/mol. The van der Waals surface area contributed by atoms with E-state index < -0.39 is 0 Å². The van der Waals surface area contributed by atoms with E-state index in [0.717, 1.165) is 5.69 Å². The van der Waals surface area contributed by atoms with Crippen LogP contribution in [0.3, 0.4) is 0 Å². The number of hydrogen-bond donors (Lipinski definition) is 0. The number of carbonyl (C=O) groups is 1. The molecule has 0 saturated carbocycles. The zero-order valence-corrected chi connectivity index (χ0v) is 11.3. The van der Waals surface area contributed by atoms with Gasteiger partial charge in [0.1, 0.15) is 0 Å². The molecule has 0 fully saturated rings. The van der Waals surface area contributed by atoms with Crippen molar-refractivity contribution in [2.45, 2.75) is 33.1 Å².